The number of halogens is 1. The molecule has 0 spiro atoms. The molecule has 1 saturated heterocycles. The summed E-state index contributed by atoms with van der Waals surface area (Å²) in [6, 6.07) is 6.64. The fourth-order valence-corrected chi connectivity index (χ4v) is 2.71. The molecule has 1 aromatic rings. The number of rotatable bonds is 4. The van der Waals surface area contributed by atoms with E-state index in [4.69, 9.17) is 11.6 Å². The Kier molecular flexibility index (Phi) is 4.39. The predicted molar refractivity (Wildman–Crippen MR) is 80.9 cm³/mol. The molecule has 19 heavy (non-hydrogen) atoms. The van der Waals surface area contributed by atoms with E-state index in [2.05, 4.69) is 36.2 Å². The van der Waals surface area contributed by atoms with Gasteiger partial charge in [0, 0.05) is 25.7 Å². The molecule has 1 atom stereocenters. The average molecular weight is 283 g/mol. The third-order valence-corrected chi connectivity index (χ3v) is 3.82. The zero-order valence-electron chi connectivity index (χ0n) is 11.9. The molecule has 1 aromatic carbocycles. The van der Waals surface area contributed by atoms with E-state index in [1.54, 1.807) is 0 Å². The van der Waals surface area contributed by atoms with Crippen LogP contribution in [0.1, 0.15) is 32.8 Å². The van der Waals surface area contributed by atoms with Crippen LogP contribution in [-0.4, -0.2) is 29.8 Å². The quantitative estimate of drug-likeness (QED) is 0.891. The van der Waals surface area contributed by atoms with Crippen LogP contribution in [0.3, 0.4) is 0 Å². The molecule has 1 fully saturated rings. The fourth-order valence-electron chi connectivity index (χ4n) is 2.39. The molecule has 1 heterocycles. The van der Waals surface area contributed by atoms with Crippen molar-refractivity contribution in [2.75, 3.05) is 18.0 Å². The molecule has 1 aliphatic heterocycles. The van der Waals surface area contributed by atoms with Crippen molar-refractivity contribution in [3.8, 4) is 0 Å². The Labute approximate surface area is 120 Å². The van der Waals surface area contributed by atoms with E-state index in [1.165, 1.54) is 5.56 Å². The van der Waals surface area contributed by atoms with Gasteiger partial charge in [0.25, 0.3) is 0 Å². The predicted octanol–water partition coefficient (Wildman–Crippen LogP) is 2.80. The van der Waals surface area contributed by atoms with Crippen molar-refractivity contribution in [2.45, 2.75) is 45.4 Å². The summed E-state index contributed by atoms with van der Waals surface area (Å²) >= 11 is 6.37. The van der Waals surface area contributed by atoms with Gasteiger partial charge in [-0.2, -0.15) is 0 Å². The molecule has 0 bridgehead atoms. The minimum Gasteiger partial charge on any atom is -0.388 e. The van der Waals surface area contributed by atoms with Crippen LogP contribution in [0.25, 0.3) is 0 Å². The lowest BCUT2D eigenvalue weighted by Gasteiger charge is -2.22. The van der Waals surface area contributed by atoms with Crippen molar-refractivity contribution < 1.29 is 5.11 Å². The number of nitrogens with one attached hydrogen (secondary N) is 1. The standard InChI is InChI=1S/C15H23ClN2O/c1-11(2)17-9-12-4-5-14(13(16)8-12)18-7-6-15(3,19)10-18/h4-5,8,11,17,19H,6-7,9-10H2,1-3H3. The molecule has 1 unspecified atom stereocenters. The molecule has 106 valence electrons. The van der Waals surface area contributed by atoms with Gasteiger partial charge in [0.1, 0.15) is 0 Å². The Morgan fingerprint density at radius 3 is 2.74 bits per heavy atom. The second-order valence-corrected chi connectivity index (χ2v) is 6.40. The highest BCUT2D eigenvalue weighted by Gasteiger charge is 2.32. The van der Waals surface area contributed by atoms with Gasteiger partial charge in [0.05, 0.1) is 16.3 Å². The van der Waals surface area contributed by atoms with Crippen LogP contribution < -0.4 is 10.2 Å². The van der Waals surface area contributed by atoms with Crippen LogP contribution in [0.15, 0.2) is 18.2 Å². The van der Waals surface area contributed by atoms with Crippen molar-refractivity contribution in [3.05, 3.63) is 28.8 Å². The fraction of sp³-hybridized carbons (Fsp3) is 0.600. The average Bonchev–Trinajstić information content (AvgIpc) is 2.67. The Morgan fingerprint density at radius 1 is 1.47 bits per heavy atom. The smallest absolute Gasteiger partial charge is 0.0810 e. The first-order chi connectivity index (χ1) is 8.87. The summed E-state index contributed by atoms with van der Waals surface area (Å²) in [6.45, 7) is 8.47. The van der Waals surface area contributed by atoms with E-state index in [0.717, 1.165) is 30.2 Å². The number of β-amino-alcohol motifs (C(OH)–C–C–N with tert-alkyl or cyclic N) is 1. The molecule has 0 aromatic heterocycles. The Morgan fingerprint density at radius 2 is 2.21 bits per heavy atom. The highest BCUT2D eigenvalue weighted by Crippen LogP contribution is 2.32. The lowest BCUT2D eigenvalue weighted by Crippen LogP contribution is -2.29. The molecular weight excluding hydrogens is 260 g/mol. The summed E-state index contributed by atoms with van der Waals surface area (Å²) in [4.78, 5) is 2.15. The van der Waals surface area contributed by atoms with Gasteiger partial charge in [-0.1, -0.05) is 31.5 Å². The summed E-state index contributed by atoms with van der Waals surface area (Å²) in [5.74, 6) is 0. The summed E-state index contributed by atoms with van der Waals surface area (Å²) in [5.41, 5.74) is 1.61. The Bertz CT molecular complexity index is 446. The van der Waals surface area contributed by atoms with E-state index in [0.29, 0.717) is 12.6 Å². The minimum absolute atomic E-state index is 0.465. The van der Waals surface area contributed by atoms with Gasteiger partial charge >= 0.3 is 0 Å². The van der Waals surface area contributed by atoms with E-state index >= 15 is 0 Å². The van der Waals surface area contributed by atoms with Crippen LogP contribution in [0.4, 0.5) is 5.69 Å². The summed E-state index contributed by atoms with van der Waals surface area (Å²) in [7, 11) is 0. The molecule has 4 heteroatoms. The number of hydrogen-bond acceptors (Lipinski definition) is 3. The number of aliphatic hydroxyl groups is 1. The van der Waals surface area contributed by atoms with Crippen molar-refractivity contribution in [1.29, 1.82) is 0 Å². The van der Waals surface area contributed by atoms with Gasteiger partial charge in [-0.25, -0.2) is 0 Å². The lowest BCUT2D eigenvalue weighted by molar-refractivity contribution is 0.0839. The van der Waals surface area contributed by atoms with Crippen molar-refractivity contribution >= 4 is 17.3 Å². The molecule has 3 nitrogen and oxygen atoms in total. The topological polar surface area (TPSA) is 35.5 Å². The van der Waals surface area contributed by atoms with Gasteiger partial charge in [-0.3, -0.25) is 0 Å². The second-order valence-electron chi connectivity index (χ2n) is 5.99. The van der Waals surface area contributed by atoms with Crippen molar-refractivity contribution in [3.63, 3.8) is 0 Å². The highest BCUT2D eigenvalue weighted by molar-refractivity contribution is 6.33. The second kappa shape index (κ2) is 5.70. The zero-order chi connectivity index (χ0) is 14.0. The summed E-state index contributed by atoms with van der Waals surface area (Å²) in [6.07, 6.45) is 0.792. The molecule has 0 radical (unpaired) electrons. The van der Waals surface area contributed by atoms with E-state index < -0.39 is 5.60 Å². The van der Waals surface area contributed by atoms with Crippen molar-refractivity contribution in [2.24, 2.45) is 0 Å². The van der Waals surface area contributed by atoms with Crippen LogP contribution in [-0.2, 0) is 6.54 Å². The third kappa shape index (κ3) is 3.85. The zero-order valence-corrected chi connectivity index (χ0v) is 12.7. The minimum atomic E-state index is -0.596. The summed E-state index contributed by atoms with van der Waals surface area (Å²) < 4.78 is 0. The molecule has 2 rings (SSSR count). The third-order valence-electron chi connectivity index (χ3n) is 3.52. The molecule has 0 amide bonds. The van der Waals surface area contributed by atoms with E-state index in [1.807, 2.05) is 13.0 Å². The molecule has 2 N–H and O–H groups in total. The maximum absolute atomic E-state index is 10.0. The Balaban J connectivity index is 2.07. The van der Waals surface area contributed by atoms with Crippen LogP contribution in [0.5, 0.6) is 0 Å². The highest BCUT2D eigenvalue weighted by atomic mass is 35.5. The Hall–Kier alpha value is -0.770. The first kappa shape index (κ1) is 14.6. The van der Waals surface area contributed by atoms with Gasteiger partial charge in [0.15, 0.2) is 0 Å². The number of benzene rings is 1. The largest absolute Gasteiger partial charge is 0.388 e. The van der Waals surface area contributed by atoms with E-state index in [-0.39, 0.29) is 0 Å². The van der Waals surface area contributed by atoms with E-state index in [9.17, 15) is 5.11 Å². The maximum Gasteiger partial charge on any atom is 0.0810 e. The SMILES string of the molecule is CC(C)NCc1ccc(N2CCC(C)(O)C2)c(Cl)c1. The van der Waals surface area contributed by atoms with Crippen LogP contribution >= 0.6 is 11.6 Å². The molecule has 0 saturated carbocycles. The number of nitrogens with zero attached hydrogens (tertiary/aromatic N) is 1. The monoisotopic (exact) mass is 282 g/mol. The number of anilines is 1. The van der Waals surface area contributed by atoms with Crippen molar-refractivity contribution in [1.82, 2.24) is 5.32 Å². The van der Waals surface area contributed by atoms with Gasteiger partial charge in [-0.15, -0.1) is 0 Å². The number of hydrogen-bond donors (Lipinski definition) is 2. The summed E-state index contributed by atoms with van der Waals surface area (Å²) in [5, 5.41) is 14.2. The first-order valence-corrected chi connectivity index (χ1v) is 7.24. The lowest BCUT2D eigenvalue weighted by atomic mass is 10.1. The van der Waals surface area contributed by atoms with Crippen LogP contribution in [0, 0.1) is 0 Å². The first-order valence-electron chi connectivity index (χ1n) is 6.86. The van der Waals surface area contributed by atoms with Gasteiger partial charge < -0.3 is 15.3 Å². The van der Waals surface area contributed by atoms with Crippen LogP contribution in [0.2, 0.25) is 5.02 Å². The normalized spacial score (nSPS) is 23.4. The van der Waals surface area contributed by atoms with Gasteiger partial charge in [0.2, 0.25) is 0 Å². The molecule has 0 aliphatic carbocycles. The molecule has 1 aliphatic rings. The van der Waals surface area contributed by atoms with Gasteiger partial charge in [-0.05, 0) is 31.0 Å². The maximum atomic E-state index is 10.0. The molecular formula is C15H23ClN2O.